The van der Waals surface area contributed by atoms with E-state index in [2.05, 4.69) is 65.8 Å². The summed E-state index contributed by atoms with van der Waals surface area (Å²) >= 11 is 8.07. The number of unbranched alkanes of at least 4 members (excludes halogenated alkanes) is 3. The third kappa shape index (κ3) is 13.6. The first kappa shape index (κ1) is 36.4. The Kier molecular flexibility index (Phi) is 17.3. The molecule has 0 heterocycles. The van der Waals surface area contributed by atoms with Crippen LogP contribution in [0.2, 0.25) is 0 Å². The van der Waals surface area contributed by atoms with Crippen LogP contribution < -0.4 is 5.32 Å². The van der Waals surface area contributed by atoms with E-state index in [1.54, 1.807) is 23.5 Å². The van der Waals surface area contributed by atoms with Crippen molar-refractivity contribution in [2.24, 2.45) is 0 Å². The molecular formula is C34H53BrNO2PS2. The number of thioether (sulfide) groups is 2. The molecule has 2 aromatic rings. The molecule has 0 bridgehead atoms. The number of benzene rings is 2. The van der Waals surface area contributed by atoms with Crippen LogP contribution in [0.4, 0.5) is 0 Å². The molecule has 0 saturated heterocycles. The molecule has 0 aliphatic heterocycles. The molecule has 0 spiro atoms. The predicted octanol–water partition coefficient (Wildman–Crippen LogP) is 10.8. The molecule has 1 N–H and O–H groups in total. The van der Waals surface area contributed by atoms with Crippen molar-refractivity contribution in [2.45, 2.75) is 105 Å². The summed E-state index contributed by atoms with van der Waals surface area (Å²) in [5, 5.41) is 1.32. The molecule has 41 heavy (non-hydrogen) atoms. The Hall–Kier alpha value is -0.810. The summed E-state index contributed by atoms with van der Waals surface area (Å²) in [5.74, 6) is 0.119. The third-order valence-electron chi connectivity index (χ3n) is 7.90. The van der Waals surface area contributed by atoms with Crippen LogP contribution in [0.25, 0.3) is 0 Å². The van der Waals surface area contributed by atoms with Crippen molar-refractivity contribution in [3.8, 4) is 0 Å². The molecular weight excluding hydrogens is 629 g/mol. The third-order valence-corrected chi connectivity index (χ3v) is 21.0. The second-order valence-electron chi connectivity index (χ2n) is 11.4. The molecule has 0 radical (unpaired) electrons. The van der Waals surface area contributed by atoms with Gasteiger partial charge in [-0.2, -0.15) is 0 Å². The van der Waals surface area contributed by atoms with Crippen LogP contribution in [0.5, 0.6) is 0 Å². The van der Waals surface area contributed by atoms with Crippen molar-refractivity contribution in [3.05, 3.63) is 60.7 Å². The van der Waals surface area contributed by atoms with Crippen LogP contribution in [-0.2, 0) is 9.59 Å². The van der Waals surface area contributed by atoms with Gasteiger partial charge in [0.2, 0.25) is 0 Å². The number of aldehydes is 1. The second-order valence-corrected chi connectivity index (χ2v) is 26.0. The maximum atomic E-state index is 13.2. The maximum absolute atomic E-state index is 13.2. The summed E-state index contributed by atoms with van der Waals surface area (Å²) < 4.78 is -0.303. The zero-order valence-electron chi connectivity index (χ0n) is 25.6. The minimum atomic E-state index is -1.95. The van der Waals surface area contributed by atoms with Gasteiger partial charge in [-0.05, 0) is 0 Å². The molecule has 2 aromatic carbocycles. The fourth-order valence-corrected chi connectivity index (χ4v) is 17.1. The Balaban J connectivity index is 2.07. The summed E-state index contributed by atoms with van der Waals surface area (Å²) in [7, 11) is 0. The van der Waals surface area contributed by atoms with Gasteiger partial charge in [0.1, 0.15) is 0 Å². The van der Waals surface area contributed by atoms with Crippen LogP contribution in [0, 0.1) is 0 Å². The summed E-state index contributed by atoms with van der Waals surface area (Å²) in [6.07, 6.45) is 17.2. The van der Waals surface area contributed by atoms with Gasteiger partial charge in [0.25, 0.3) is 0 Å². The van der Waals surface area contributed by atoms with Crippen LogP contribution in [0.15, 0.2) is 70.5 Å². The van der Waals surface area contributed by atoms with Crippen molar-refractivity contribution >= 4 is 56.5 Å². The molecule has 0 atom stereocenters. The molecule has 2 rings (SSSR count). The van der Waals surface area contributed by atoms with E-state index in [1.807, 2.05) is 36.4 Å². The van der Waals surface area contributed by atoms with Gasteiger partial charge in [-0.1, -0.05) is 12.1 Å². The van der Waals surface area contributed by atoms with Crippen LogP contribution in [0.3, 0.4) is 0 Å². The molecule has 7 heteroatoms. The summed E-state index contributed by atoms with van der Waals surface area (Å²) in [6.45, 7) is 7.64. The van der Waals surface area contributed by atoms with E-state index in [0.717, 1.165) is 29.0 Å². The topological polar surface area (TPSA) is 46.2 Å². The Morgan fingerprint density at radius 1 is 0.780 bits per heavy atom. The standard InChI is InChI=1S/C34H53BrNO2PS2/c1-4-7-27-39(35,28-8-5-2,29-9-6-3)30-17-25-36-33(38)22-24-34(23-16-26-37,40-31-18-12-10-13-19-31)41-32-20-14-11-15-21-32/h10-15,18-21,26H,4-9,16-17,22-25,27-30H2,1-3H3,(H,36,38). The fourth-order valence-electron chi connectivity index (χ4n) is 5.46. The van der Waals surface area contributed by atoms with Crippen LogP contribution in [0.1, 0.15) is 91.4 Å². The number of carbonyl (C=O) groups is 2. The van der Waals surface area contributed by atoms with Crippen molar-refractivity contribution in [2.75, 3.05) is 31.2 Å². The van der Waals surface area contributed by atoms with E-state index in [1.165, 1.54) is 63.2 Å². The molecule has 230 valence electrons. The van der Waals surface area contributed by atoms with Gasteiger partial charge in [-0.15, -0.1) is 0 Å². The Labute approximate surface area is 267 Å². The number of rotatable bonds is 23. The Morgan fingerprint density at radius 2 is 1.24 bits per heavy atom. The Morgan fingerprint density at radius 3 is 1.68 bits per heavy atom. The average molecular weight is 683 g/mol. The summed E-state index contributed by atoms with van der Waals surface area (Å²) in [4.78, 5) is 27.0. The predicted molar refractivity (Wildman–Crippen MR) is 190 cm³/mol. The van der Waals surface area contributed by atoms with Gasteiger partial charge in [-0.25, -0.2) is 0 Å². The van der Waals surface area contributed by atoms with Gasteiger partial charge in [0.15, 0.2) is 0 Å². The van der Waals surface area contributed by atoms with Gasteiger partial charge in [-0.3, -0.25) is 0 Å². The van der Waals surface area contributed by atoms with E-state index in [9.17, 15) is 9.59 Å². The number of amides is 1. The molecule has 0 saturated carbocycles. The average Bonchev–Trinajstić information content (AvgIpc) is 2.99. The summed E-state index contributed by atoms with van der Waals surface area (Å²) in [6, 6.07) is 20.7. The number of hydrogen-bond donors (Lipinski definition) is 1. The van der Waals surface area contributed by atoms with Crippen LogP contribution >= 0.6 is 44.3 Å². The van der Waals surface area contributed by atoms with Gasteiger partial charge in [0.05, 0.1) is 0 Å². The van der Waals surface area contributed by atoms with Crippen molar-refractivity contribution in [1.29, 1.82) is 0 Å². The molecule has 0 aliphatic rings. The van der Waals surface area contributed by atoms with Crippen molar-refractivity contribution in [3.63, 3.8) is 0 Å². The molecule has 0 aliphatic carbocycles. The normalized spacial score (nSPS) is 12.9. The molecule has 0 unspecified atom stereocenters. The first-order chi connectivity index (χ1) is 19.8. The molecule has 0 aromatic heterocycles. The first-order valence-corrected chi connectivity index (χ1v) is 22.3. The van der Waals surface area contributed by atoms with Crippen molar-refractivity contribution in [1.82, 2.24) is 5.32 Å². The second kappa shape index (κ2) is 19.5. The molecule has 3 nitrogen and oxygen atoms in total. The van der Waals surface area contributed by atoms with E-state index in [-0.39, 0.29) is 9.99 Å². The zero-order valence-corrected chi connectivity index (χ0v) is 29.7. The monoisotopic (exact) mass is 681 g/mol. The van der Waals surface area contributed by atoms with Crippen molar-refractivity contribution < 1.29 is 9.59 Å². The van der Waals surface area contributed by atoms with E-state index in [0.29, 0.717) is 25.7 Å². The SMILES string of the molecule is CCCCP(Br)(CCCC)(CCCC)CCCNC(=O)CCC(CCC=O)(Sc1ccccc1)Sc1ccccc1. The number of carbonyl (C=O) groups excluding carboxylic acids is 2. The Bertz CT molecular complexity index is 942. The first-order valence-electron chi connectivity index (χ1n) is 15.7. The van der Waals surface area contributed by atoms with Crippen LogP contribution in [-0.4, -0.2) is 47.5 Å². The number of nitrogens with one attached hydrogen (secondary N) is 1. The van der Waals surface area contributed by atoms with Gasteiger partial charge in [0, 0.05) is 0 Å². The fraction of sp³-hybridized carbons (Fsp3) is 0.588. The number of halogens is 1. The van der Waals surface area contributed by atoms with Gasteiger partial charge >= 0.3 is 256 Å². The number of hydrogen-bond acceptors (Lipinski definition) is 4. The minimum absolute atomic E-state index is 0.119. The van der Waals surface area contributed by atoms with E-state index >= 15 is 0 Å². The van der Waals surface area contributed by atoms with Gasteiger partial charge < -0.3 is 0 Å². The summed E-state index contributed by atoms with van der Waals surface area (Å²) in [5.41, 5.74) is 0. The van der Waals surface area contributed by atoms with E-state index in [4.69, 9.17) is 0 Å². The molecule has 1 amide bonds. The molecule has 0 fully saturated rings. The van der Waals surface area contributed by atoms with E-state index < -0.39 is 5.31 Å². The quantitative estimate of drug-likeness (QED) is 0.0417. The zero-order chi connectivity index (χ0) is 29.9.